The molecule has 98 valence electrons. The molecule has 1 aromatic rings. The van der Waals surface area contributed by atoms with Crippen LogP contribution in [0.3, 0.4) is 0 Å². The molecule has 0 unspecified atom stereocenters. The highest BCUT2D eigenvalue weighted by atomic mass is 19.1. The molecule has 0 aliphatic heterocycles. The molecule has 0 aromatic heterocycles. The van der Waals surface area contributed by atoms with E-state index in [4.69, 9.17) is 0 Å². The van der Waals surface area contributed by atoms with E-state index in [2.05, 4.69) is 5.32 Å². The largest absolute Gasteiger partial charge is 0.382 e. The molecule has 0 amide bonds. The summed E-state index contributed by atoms with van der Waals surface area (Å²) in [6.07, 6.45) is 7.19. The van der Waals surface area contributed by atoms with Crippen LogP contribution in [0.15, 0.2) is 18.2 Å². The van der Waals surface area contributed by atoms with Crippen molar-refractivity contribution in [3.63, 3.8) is 0 Å². The fourth-order valence-electron chi connectivity index (χ4n) is 2.65. The van der Waals surface area contributed by atoms with Gasteiger partial charge >= 0.3 is 0 Å². The highest BCUT2D eigenvalue weighted by Crippen LogP contribution is 2.25. The Hall–Kier alpha value is -1.38. The maximum absolute atomic E-state index is 13.7. The molecule has 1 aromatic carbocycles. The van der Waals surface area contributed by atoms with Gasteiger partial charge in [0.2, 0.25) is 0 Å². The standard InChI is InChI=1S/C15H20FNO/c1-11(18)15-13(16)9-6-10-14(15)17-12-7-4-2-3-5-8-12/h6,9-10,12,17H,2-5,7-8H2,1H3. The van der Waals surface area contributed by atoms with Crippen molar-refractivity contribution in [3.8, 4) is 0 Å². The normalized spacial score (nSPS) is 17.2. The average Bonchev–Trinajstić information content (AvgIpc) is 2.57. The van der Waals surface area contributed by atoms with Crippen LogP contribution in [-0.4, -0.2) is 11.8 Å². The first-order chi connectivity index (χ1) is 8.68. The Balaban J connectivity index is 2.17. The Bertz CT molecular complexity index is 423. The number of benzene rings is 1. The predicted molar refractivity (Wildman–Crippen MR) is 71.5 cm³/mol. The molecular weight excluding hydrogens is 229 g/mol. The zero-order valence-corrected chi connectivity index (χ0v) is 10.8. The molecule has 0 saturated heterocycles. The molecule has 2 rings (SSSR count). The van der Waals surface area contributed by atoms with E-state index in [9.17, 15) is 9.18 Å². The van der Waals surface area contributed by atoms with Gasteiger partial charge in [0.25, 0.3) is 0 Å². The molecule has 3 heteroatoms. The number of anilines is 1. The Morgan fingerprint density at radius 1 is 1.22 bits per heavy atom. The number of halogens is 1. The molecule has 1 N–H and O–H groups in total. The van der Waals surface area contributed by atoms with Crippen LogP contribution in [0.25, 0.3) is 0 Å². The number of carbonyl (C=O) groups excluding carboxylic acids is 1. The van der Waals surface area contributed by atoms with Gasteiger partial charge in [0.1, 0.15) is 5.82 Å². The zero-order chi connectivity index (χ0) is 13.0. The van der Waals surface area contributed by atoms with E-state index in [-0.39, 0.29) is 11.3 Å². The highest BCUT2D eigenvalue weighted by Gasteiger charge is 2.17. The van der Waals surface area contributed by atoms with Crippen molar-refractivity contribution >= 4 is 11.5 Å². The van der Waals surface area contributed by atoms with E-state index in [1.807, 2.05) is 0 Å². The summed E-state index contributed by atoms with van der Waals surface area (Å²) < 4.78 is 13.7. The maximum Gasteiger partial charge on any atom is 0.164 e. The van der Waals surface area contributed by atoms with Crippen LogP contribution < -0.4 is 5.32 Å². The highest BCUT2D eigenvalue weighted by molar-refractivity contribution is 5.99. The number of hydrogen-bond acceptors (Lipinski definition) is 2. The second kappa shape index (κ2) is 5.98. The number of hydrogen-bond donors (Lipinski definition) is 1. The lowest BCUT2D eigenvalue weighted by Gasteiger charge is -2.19. The summed E-state index contributed by atoms with van der Waals surface area (Å²) in [5.74, 6) is -0.648. The van der Waals surface area contributed by atoms with Gasteiger partial charge in [-0.1, -0.05) is 31.7 Å². The van der Waals surface area contributed by atoms with Crippen molar-refractivity contribution in [1.29, 1.82) is 0 Å². The van der Waals surface area contributed by atoms with E-state index in [1.165, 1.54) is 38.7 Å². The number of Topliss-reactive ketones (excluding diaryl/α,β-unsaturated/α-hetero) is 1. The van der Waals surface area contributed by atoms with Gasteiger partial charge in [0.05, 0.1) is 5.56 Å². The van der Waals surface area contributed by atoms with E-state index >= 15 is 0 Å². The fourth-order valence-corrected chi connectivity index (χ4v) is 2.65. The van der Waals surface area contributed by atoms with Crippen LogP contribution in [0.2, 0.25) is 0 Å². The molecule has 0 bridgehead atoms. The maximum atomic E-state index is 13.7. The number of rotatable bonds is 3. The Kier molecular flexibility index (Phi) is 4.34. The summed E-state index contributed by atoms with van der Waals surface area (Å²) in [6.45, 7) is 1.41. The topological polar surface area (TPSA) is 29.1 Å². The third-order valence-electron chi connectivity index (χ3n) is 3.58. The SMILES string of the molecule is CC(=O)c1c(F)cccc1NC1CCCCCC1. The predicted octanol–water partition coefficient (Wildman–Crippen LogP) is 4.16. The summed E-state index contributed by atoms with van der Waals surface area (Å²) in [6, 6.07) is 5.16. The average molecular weight is 249 g/mol. The Labute approximate surface area is 108 Å². The number of carbonyl (C=O) groups is 1. The van der Waals surface area contributed by atoms with Crippen molar-refractivity contribution < 1.29 is 9.18 Å². The molecule has 18 heavy (non-hydrogen) atoms. The van der Waals surface area contributed by atoms with E-state index in [1.54, 1.807) is 12.1 Å². The molecular formula is C15H20FNO. The first-order valence-corrected chi connectivity index (χ1v) is 6.74. The summed E-state index contributed by atoms with van der Waals surface area (Å²) >= 11 is 0. The lowest BCUT2D eigenvalue weighted by atomic mass is 10.1. The third-order valence-corrected chi connectivity index (χ3v) is 3.58. The van der Waals surface area contributed by atoms with Gasteiger partial charge in [-0.2, -0.15) is 0 Å². The minimum absolute atomic E-state index is 0.196. The van der Waals surface area contributed by atoms with Crippen molar-refractivity contribution in [2.75, 3.05) is 5.32 Å². The monoisotopic (exact) mass is 249 g/mol. The molecule has 0 heterocycles. The van der Waals surface area contributed by atoms with Crippen LogP contribution in [0.1, 0.15) is 55.8 Å². The summed E-state index contributed by atoms with van der Waals surface area (Å²) in [5.41, 5.74) is 0.844. The first-order valence-electron chi connectivity index (χ1n) is 6.74. The van der Waals surface area contributed by atoms with Gasteiger partial charge in [-0.3, -0.25) is 4.79 Å². The van der Waals surface area contributed by atoms with Gasteiger partial charge in [-0.05, 0) is 31.9 Å². The molecule has 1 fully saturated rings. The smallest absolute Gasteiger partial charge is 0.164 e. The number of nitrogens with one attached hydrogen (secondary N) is 1. The molecule has 0 radical (unpaired) electrons. The van der Waals surface area contributed by atoms with Gasteiger partial charge in [0.15, 0.2) is 5.78 Å². The molecule has 1 saturated carbocycles. The third kappa shape index (κ3) is 3.09. The molecule has 0 spiro atoms. The van der Waals surface area contributed by atoms with Crippen LogP contribution in [0.4, 0.5) is 10.1 Å². The van der Waals surface area contributed by atoms with Crippen molar-refractivity contribution in [2.24, 2.45) is 0 Å². The first kappa shape index (κ1) is 13.1. The molecule has 2 nitrogen and oxygen atoms in total. The quantitative estimate of drug-likeness (QED) is 0.643. The van der Waals surface area contributed by atoms with Crippen LogP contribution >= 0.6 is 0 Å². The van der Waals surface area contributed by atoms with E-state index in [0.717, 1.165) is 12.8 Å². The zero-order valence-electron chi connectivity index (χ0n) is 10.8. The van der Waals surface area contributed by atoms with E-state index < -0.39 is 5.82 Å². The molecule has 0 atom stereocenters. The fraction of sp³-hybridized carbons (Fsp3) is 0.533. The van der Waals surface area contributed by atoms with Gasteiger partial charge in [0, 0.05) is 11.7 Å². The Morgan fingerprint density at radius 3 is 2.50 bits per heavy atom. The lowest BCUT2D eigenvalue weighted by Crippen LogP contribution is -2.20. The van der Waals surface area contributed by atoms with Gasteiger partial charge in [-0.15, -0.1) is 0 Å². The summed E-state index contributed by atoms with van der Waals surface area (Å²) in [5, 5.41) is 3.35. The number of ketones is 1. The second-order valence-corrected chi connectivity index (χ2v) is 5.05. The summed E-state index contributed by atoms with van der Waals surface area (Å²) in [7, 11) is 0. The summed E-state index contributed by atoms with van der Waals surface area (Å²) in [4.78, 5) is 11.5. The van der Waals surface area contributed by atoms with Crippen LogP contribution in [0, 0.1) is 5.82 Å². The lowest BCUT2D eigenvalue weighted by molar-refractivity contribution is 0.101. The minimum Gasteiger partial charge on any atom is -0.382 e. The second-order valence-electron chi connectivity index (χ2n) is 5.05. The molecule has 1 aliphatic rings. The van der Waals surface area contributed by atoms with Crippen LogP contribution in [-0.2, 0) is 0 Å². The van der Waals surface area contributed by atoms with Gasteiger partial charge < -0.3 is 5.32 Å². The van der Waals surface area contributed by atoms with Gasteiger partial charge in [-0.25, -0.2) is 4.39 Å². The van der Waals surface area contributed by atoms with Crippen LogP contribution in [0.5, 0.6) is 0 Å². The van der Waals surface area contributed by atoms with Crippen molar-refractivity contribution in [1.82, 2.24) is 0 Å². The Morgan fingerprint density at radius 2 is 1.89 bits per heavy atom. The van der Waals surface area contributed by atoms with Crippen molar-refractivity contribution in [2.45, 2.75) is 51.5 Å². The van der Waals surface area contributed by atoms with E-state index in [0.29, 0.717) is 11.7 Å². The van der Waals surface area contributed by atoms with Crippen molar-refractivity contribution in [3.05, 3.63) is 29.6 Å². The molecule has 1 aliphatic carbocycles. The minimum atomic E-state index is -0.430.